The maximum atomic E-state index is 5.69. The molecule has 0 unspecified atom stereocenters. The summed E-state index contributed by atoms with van der Waals surface area (Å²) in [7, 11) is 0. The Morgan fingerprint density at radius 1 is 0.889 bits per heavy atom. The molecule has 0 N–H and O–H groups in total. The van der Waals surface area contributed by atoms with Crippen LogP contribution in [0.3, 0.4) is 0 Å². The minimum atomic E-state index is 0.623. The first-order chi connectivity index (χ1) is 8.86. The van der Waals surface area contributed by atoms with Crippen molar-refractivity contribution >= 4 is 0 Å². The summed E-state index contributed by atoms with van der Waals surface area (Å²) in [6.45, 7) is 2.68. The van der Waals surface area contributed by atoms with Crippen LogP contribution in [0.25, 0.3) is 0 Å². The monoisotopic (exact) mass is 238 g/mol. The van der Waals surface area contributed by atoms with E-state index in [9.17, 15) is 0 Å². The first-order valence-electron chi connectivity index (χ1n) is 6.23. The van der Waals surface area contributed by atoms with Crippen molar-refractivity contribution in [3.05, 3.63) is 77.9 Å². The zero-order valence-corrected chi connectivity index (χ0v) is 10.7. The summed E-state index contributed by atoms with van der Waals surface area (Å²) in [6.07, 6.45) is 5.17. The van der Waals surface area contributed by atoms with Crippen molar-refractivity contribution in [2.45, 2.75) is 13.3 Å². The Kier molecular flexibility index (Phi) is 4.60. The summed E-state index contributed by atoms with van der Waals surface area (Å²) in [5.41, 5.74) is 2.50. The van der Waals surface area contributed by atoms with E-state index in [4.69, 9.17) is 4.74 Å². The van der Waals surface area contributed by atoms with Crippen LogP contribution in [-0.4, -0.2) is 6.61 Å². The van der Waals surface area contributed by atoms with E-state index in [1.165, 1.54) is 11.1 Å². The lowest BCUT2D eigenvalue weighted by Gasteiger charge is -2.05. The lowest BCUT2D eigenvalue weighted by Crippen LogP contribution is -1.95. The van der Waals surface area contributed by atoms with Gasteiger partial charge in [-0.25, -0.2) is 0 Å². The molecule has 0 aliphatic carbocycles. The molecule has 0 bridgehead atoms. The normalized spacial score (nSPS) is 10.7. The third kappa shape index (κ3) is 3.77. The van der Waals surface area contributed by atoms with Crippen LogP contribution in [0.15, 0.2) is 66.7 Å². The fraction of sp³-hybridized carbons (Fsp3) is 0.176. The molecule has 0 amide bonds. The number of aryl methyl sites for hydroxylation is 1. The van der Waals surface area contributed by atoms with E-state index in [0.29, 0.717) is 6.61 Å². The van der Waals surface area contributed by atoms with Gasteiger partial charge in [0, 0.05) is 0 Å². The number of allylic oxidation sites excluding steroid dienone is 1. The predicted molar refractivity (Wildman–Crippen MR) is 76.0 cm³/mol. The molecule has 0 heterocycles. The number of hydrogen-bond acceptors (Lipinski definition) is 1. The van der Waals surface area contributed by atoms with Crippen molar-refractivity contribution in [1.29, 1.82) is 0 Å². The van der Waals surface area contributed by atoms with Gasteiger partial charge >= 0.3 is 0 Å². The fourth-order valence-corrected chi connectivity index (χ4v) is 1.76. The van der Waals surface area contributed by atoms with Gasteiger partial charge in [0.05, 0.1) is 0 Å². The highest BCUT2D eigenvalue weighted by Gasteiger charge is 1.94. The average molecular weight is 238 g/mol. The Labute approximate surface area is 109 Å². The molecule has 0 spiro atoms. The standard InChI is InChI=1S/C17H18O/c1-15-9-5-6-13-17(15)18-14-8-7-12-16-10-3-2-4-11-16/h2-11,13H,12,14H2,1H3. The smallest absolute Gasteiger partial charge is 0.122 e. The lowest BCUT2D eigenvalue weighted by molar-refractivity contribution is 0.360. The molecular formula is C17H18O. The minimum Gasteiger partial charge on any atom is -0.489 e. The zero-order chi connectivity index (χ0) is 12.6. The van der Waals surface area contributed by atoms with Gasteiger partial charge in [-0.3, -0.25) is 0 Å². The van der Waals surface area contributed by atoms with E-state index in [1.807, 2.05) is 24.3 Å². The van der Waals surface area contributed by atoms with Crippen LogP contribution >= 0.6 is 0 Å². The summed E-state index contributed by atoms with van der Waals surface area (Å²) < 4.78 is 5.69. The molecule has 18 heavy (non-hydrogen) atoms. The number of para-hydroxylation sites is 1. The van der Waals surface area contributed by atoms with Gasteiger partial charge in [-0.1, -0.05) is 60.7 Å². The Bertz CT molecular complexity index is 500. The van der Waals surface area contributed by atoms with Gasteiger partial charge in [0.15, 0.2) is 0 Å². The van der Waals surface area contributed by atoms with Crippen molar-refractivity contribution in [2.24, 2.45) is 0 Å². The minimum absolute atomic E-state index is 0.623. The third-order valence-corrected chi connectivity index (χ3v) is 2.79. The summed E-state index contributed by atoms with van der Waals surface area (Å²) >= 11 is 0. The Balaban J connectivity index is 1.77. The SMILES string of the molecule is Cc1ccccc1OCC=CCc1ccccc1. The third-order valence-electron chi connectivity index (χ3n) is 2.79. The molecule has 2 aromatic rings. The van der Waals surface area contributed by atoms with Gasteiger partial charge in [-0.05, 0) is 30.5 Å². The van der Waals surface area contributed by atoms with E-state index < -0.39 is 0 Å². The van der Waals surface area contributed by atoms with Crippen LogP contribution in [0, 0.1) is 6.92 Å². The average Bonchev–Trinajstić information content (AvgIpc) is 2.42. The van der Waals surface area contributed by atoms with Crippen molar-refractivity contribution in [2.75, 3.05) is 6.61 Å². The molecule has 0 radical (unpaired) electrons. The Morgan fingerprint density at radius 3 is 2.39 bits per heavy atom. The highest BCUT2D eigenvalue weighted by molar-refractivity contribution is 5.31. The molecule has 0 atom stereocenters. The van der Waals surface area contributed by atoms with Crippen molar-refractivity contribution in [3.8, 4) is 5.75 Å². The molecule has 2 rings (SSSR count). The first-order valence-corrected chi connectivity index (χ1v) is 6.23. The van der Waals surface area contributed by atoms with Crippen molar-refractivity contribution in [1.82, 2.24) is 0 Å². The van der Waals surface area contributed by atoms with Gasteiger partial charge in [0.2, 0.25) is 0 Å². The summed E-state index contributed by atoms with van der Waals surface area (Å²) in [5, 5.41) is 0. The van der Waals surface area contributed by atoms with Crippen LogP contribution in [0.1, 0.15) is 11.1 Å². The largest absolute Gasteiger partial charge is 0.489 e. The van der Waals surface area contributed by atoms with Crippen LogP contribution < -0.4 is 4.74 Å². The van der Waals surface area contributed by atoms with Gasteiger partial charge in [-0.15, -0.1) is 0 Å². The fourth-order valence-electron chi connectivity index (χ4n) is 1.76. The second kappa shape index (κ2) is 6.65. The molecular weight excluding hydrogens is 220 g/mol. The predicted octanol–water partition coefficient (Wildman–Crippen LogP) is 4.17. The van der Waals surface area contributed by atoms with E-state index in [1.54, 1.807) is 0 Å². The molecule has 0 saturated heterocycles. The topological polar surface area (TPSA) is 9.23 Å². The van der Waals surface area contributed by atoms with Crippen LogP contribution in [0.5, 0.6) is 5.75 Å². The van der Waals surface area contributed by atoms with Gasteiger partial charge in [0.1, 0.15) is 12.4 Å². The maximum Gasteiger partial charge on any atom is 0.122 e. The number of ether oxygens (including phenoxy) is 1. The van der Waals surface area contributed by atoms with Crippen molar-refractivity contribution < 1.29 is 4.74 Å². The molecule has 0 aliphatic rings. The Hall–Kier alpha value is -2.02. The van der Waals surface area contributed by atoms with E-state index >= 15 is 0 Å². The number of benzene rings is 2. The van der Waals surface area contributed by atoms with Gasteiger partial charge in [0.25, 0.3) is 0 Å². The highest BCUT2D eigenvalue weighted by atomic mass is 16.5. The molecule has 2 aromatic carbocycles. The molecule has 0 aliphatic heterocycles. The van der Waals surface area contributed by atoms with Crippen molar-refractivity contribution in [3.63, 3.8) is 0 Å². The quantitative estimate of drug-likeness (QED) is 0.710. The van der Waals surface area contributed by atoms with Crippen LogP contribution in [-0.2, 0) is 6.42 Å². The van der Waals surface area contributed by atoms with Crippen LogP contribution in [0.4, 0.5) is 0 Å². The number of rotatable bonds is 5. The van der Waals surface area contributed by atoms with E-state index in [-0.39, 0.29) is 0 Å². The lowest BCUT2D eigenvalue weighted by atomic mass is 10.1. The zero-order valence-electron chi connectivity index (χ0n) is 10.7. The van der Waals surface area contributed by atoms with Crippen LogP contribution in [0.2, 0.25) is 0 Å². The maximum absolute atomic E-state index is 5.69. The molecule has 0 fully saturated rings. The summed E-state index contributed by atoms with van der Waals surface area (Å²) in [5.74, 6) is 0.960. The van der Waals surface area contributed by atoms with E-state index in [2.05, 4.69) is 49.4 Å². The second-order valence-corrected chi connectivity index (χ2v) is 4.24. The summed E-state index contributed by atoms with van der Waals surface area (Å²) in [4.78, 5) is 0. The number of hydrogen-bond donors (Lipinski definition) is 0. The van der Waals surface area contributed by atoms with E-state index in [0.717, 1.165) is 12.2 Å². The Morgan fingerprint density at radius 2 is 1.61 bits per heavy atom. The van der Waals surface area contributed by atoms with Gasteiger partial charge < -0.3 is 4.74 Å². The molecule has 0 saturated carbocycles. The van der Waals surface area contributed by atoms with Gasteiger partial charge in [-0.2, -0.15) is 0 Å². The highest BCUT2D eigenvalue weighted by Crippen LogP contribution is 2.15. The molecule has 1 heteroatoms. The first kappa shape index (κ1) is 12.4. The molecule has 1 nitrogen and oxygen atoms in total. The second-order valence-electron chi connectivity index (χ2n) is 4.24. The molecule has 0 aromatic heterocycles. The molecule has 92 valence electrons. The summed E-state index contributed by atoms with van der Waals surface area (Å²) in [6, 6.07) is 18.5.